The Morgan fingerprint density at radius 1 is 0.800 bits per heavy atom. The van der Waals surface area contributed by atoms with E-state index in [1.807, 2.05) is 63.8 Å². The van der Waals surface area contributed by atoms with Crippen LogP contribution >= 0.6 is 0 Å². The van der Waals surface area contributed by atoms with Crippen molar-refractivity contribution in [3.8, 4) is 0 Å². The molecule has 4 amide bonds. The molecule has 0 spiro atoms. The number of benzene rings is 3. The number of hydrogen-bond acceptors (Lipinski definition) is 7. The molecule has 3 N–H and O–H groups in total. The smallest absolute Gasteiger partial charge is 0.412 e. The van der Waals surface area contributed by atoms with Gasteiger partial charge in [0.15, 0.2) is 0 Å². The SMILES string of the molecule is CC(C)N(C(=O)OC(C)(C)C)C1CC1c1ccc(COC(=O)NCc2ccc(C(=O)Nc3ccc(F)cc3NC(=O)OC(C)(C)C)cc2)cc1. The second kappa shape index (κ2) is 15.6. The van der Waals surface area contributed by atoms with Crippen molar-refractivity contribution in [2.75, 3.05) is 10.6 Å². The number of nitrogens with zero attached hydrogens (tertiary/aromatic N) is 1. The fraction of sp³-hybridized carbons (Fsp3) is 0.421. The van der Waals surface area contributed by atoms with Crippen LogP contribution in [-0.2, 0) is 27.4 Å². The van der Waals surface area contributed by atoms with Gasteiger partial charge in [-0.3, -0.25) is 10.1 Å². The predicted molar refractivity (Wildman–Crippen MR) is 188 cm³/mol. The van der Waals surface area contributed by atoms with E-state index >= 15 is 0 Å². The van der Waals surface area contributed by atoms with Crippen LogP contribution in [0.15, 0.2) is 66.7 Å². The lowest BCUT2D eigenvalue weighted by Gasteiger charge is -2.30. The molecule has 0 saturated heterocycles. The first-order valence-corrected chi connectivity index (χ1v) is 16.6. The Balaban J connectivity index is 1.23. The quantitative estimate of drug-likeness (QED) is 0.182. The summed E-state index contributed by atoms with van der Waals surface area (Å²) >= 11 is 0. The first-order chi connectivity index (χ1) is 23.4. The van der Waals surface area contributed by atoms with Crippen LogP contribution in [0.25, 0.3) is 0 Å². The second-order valence-electron chi connectivity index (χ2n) is 14.5. The molecule has 1 aliphatic rings. The van der Waals surface area contributed by atoms with E-state index in [4.69, 9.17) is 14.2 Å². The van der Waals surface area contributed by atoms with Crippen LogP contribution in [0.2, 0.25) is 0 Å². The fourth-order valence-corrected chi connectivity index (χ4v) is 5.24. The van der Waals surface area contributed by atoms with Crippen molar-refractivity contribution >= 4 is 35.6 Å². The molecule has 50 heavy (non-hydrogen) atoms. The van der Waals surface area contributed by atoms with Gasteiger partial charge in [-0.05, 0) is 109 Å². The van der Waals surface area contributed by atoms with Crippen LogP contribution in [0.3, 0.4) is 0 Å². The number of nitrogens with one attached hydrogen (secondary N) is 3. The van der Waals surface area contributed by atoms with E-state index in [-0.39, 0.29) is 48.6 Å². The van der Waals surface area contributed by atoms with Crippen LogP contribution in [0.1, 0.15) is 94.8 Å². The van der Waals surface area contributed by atoms with Gasteiger partial charge in [0.1, 0.15) is 23.6 Å². The van der Waals surface area contributed by atoms with Gasteiger partial charge in [0.2, 0.25) is 0 Å². The molecule has 4 rings (SSSR count). The van der Waals surface area contributed by atoms with Gasteiger partial charge >= 0.3 is 18.3 Å². The molecule has 3 aromatic carbocycles. The van der Waals surface area contributed by atoms with E-state index < -0.39 is 35.1 Å². The largest absolute Gasteiger partial charge is 0.445 e. The van der Waals surface area contributed by atoms with E-state index in [2.05, 4.69) is 16.0 Å². The zero-order chi connectivity index (χ0) is 36.8. The Labute approximate surface area is 292 Å². The predicted octanol–water partition coefficient (Wildman–Crippen LogP) is 8.35. The summed E-state index contributed by atoms with van der Waals surface area (Å²) in [6, 6.07) is 18.1. The summed E-state index contributed by atoms with van der Waals surface area (Å²) in [5.74, 6) is -0.853. The topological polar surface area (TPSA) is 135 Å². The number of ether oxygens (including phenoxy) is 3. The average Bonchev–Trinajstić information content (AvgIpc) is 3.78. The van der Waals surface area contributed by atoms with E-state index in [0.717, 1.165) is 29.2 Å². The van der Waals surface area contributed by atoms with Crippen molar-refractivity contribution in [1.82, 2.24) is 10.2 Å². The van der Waals surface area contributed by atoms with Gasteiger partial charge in [-0.1, -0.05) is 36.4 Å². The molecule has 0 aliphatic heterocycles. The third-order valence-electron chi connectivity index (χ3n) is 7.57. The summed E-state index contributed by atoms with van der Waals surface area (Å²) in [6.07, 6.45) is -0.817. The van der Waals surface area contributed by atoms with Crippen molar-refractivity contribution in [3.05, 3.63) is 94.8 Å². The Bertz CT molecular complexity index is 1680. The van der Waals surface area contributed by atoms with Crippen molar-refractivity contribution in [2.24, 2.45) is 0 Å². The van der Waals surface area contributed by atoms with Gasteiger partial charge in [-0.2, -0.15) is 0 Å². The maximum atomic E-state index is 13.9. The van der Waals surface area contributed by atoms with Crippen molar-refractivity contribution in [3.63, 3.8) is 0 Å². The molecule has 11 nitrogen and oxygen atoms in total. The molecule has 268 valence electrons. The minimum atomic E-state index is -0.787. The van der Waals surface area contributed by atoms with Gasteiger partial charge in [-0.25, -0.2) is 18.8 Å². The van der Waals surface area contributed by atoms with Crippen LogP contribution < -0.4 is 16.0 Å². The molecule has 2 atom stereocenters. The fourth-order valence-electron chi connectivity index (χ4n) is 5.24. The number of halogens is 1. The lowest BCUT2D eigenvalue weighted by atomic mass is 10.1. The number of hydrogen-bond donors (Lipinski definition) is 3. The minimum absolute atomic E-state index is 0.0149. The number of carbonyl (C=O) groups excluding carboxylic acids is 4. The standard InChI is InChI=1S/C38H47FN4O7/c1-23(2)43(36(47)50-38(6,7)8)32-20-29(32)26-13-11-25(12-14-26)22-48-34(45)40-21-24-9-15-27(16-10-24)33(44)41-30-18-17-28(39)19-31(30)42-35(46)49-37(3,4)5/h9-19,23,29,32H,20-22H2,1-8H3,(H,40,45)(H,41,44)(H,42,46). The van der Waals surface area contributed by atoms with Crippen molar-refractivity contribution in [1.29, 1.82) is 0 Å². The van der Waals surface area contributed by atoms with Gasteiger partial charge in [0.05, 0.1) is 11.4 Å². The van der Waals surface area contributed by atoms with E-state index in [1.54, 1.807) is 45.0 Å². The maximum absolute atomic E-state index is 13.9. The van der Waals surface area contributed by atoms with Gasteiger partial charge in [-0.15, -0.1) is 0 Å². The third-order valence-corrected chi connectivity index (χ3v) is 7.57. The van der Waals surface area contributed by atoms with Gasteiger partial charge in [0.25, 0.3) is 5.91 Å². The van der Waals surface area contributed by atoms with E-state index in [1.165, 1.54) is 12.1 Å². The molecule has 3 aromatic rings. The third kappa shape index (κ3) is 11.2. The highest BCUT2D eigenvalue weighted by Crippen LogP contribution is 2.46. The molecular formula is C38H47FN4O7. The van der Waals surface area contributed by atoms with E-state index in [0.29, 0.717) is 5.56 Å². The molecule has 0 radical (unpaired) electrons. The Morgan fingerprint density at radius 3 is 2.02 bits per heavy atom. The normalized spacial score (nSPS) is 15.5. The van der Waals surface area contributed by atoms with Crippen LogP contribution in [0, 0.1) is 5.82 Å². The van der Waals surface area contributed by atoms with Gasteiger partial charge < -0.3 is 29.7 Å². The first-order valence-electron chi connectivity index (χ1n) is 16.6. The lowest BCUT2D eigenvalue weighted by Crippen LogP contribution is -2.42. The first kappa shape index (κ1) is 37.7. The van der Waals surface area contributed by atoms with Gasteiger partial charge in [0, 0.05) is 30.1 Å². The summed E-state index contributed by atoms with van der Waals surface area (Å²) < 4.78 is 30.1. The highest BCUT2D eigenvalue weighted by molar-refractivity contribution is 6.06. The average molecular weight is 691 g/mol. The van der Waals surface area contributed by atoms with Crippen LogP contribution in [0.4, 0.5) is 30.1 Å². The minimum Gasteiger partial charge on any atom is -0.445 e. The highest BCUT2D eigenvalue weighted by Gasteiger charge is 2.47. The summed E-state index contributed by atoms with van der Waals surface area (Å²) in [5.41, 5.74) is 1.91. The molecule has 12 heteroatoms. The summed E-state index contributed by atoms with van der Waals surface area (Å²) in [5, 5.41) is 7.84. The molecule has 0 aromatic heterocycles. The Morgan fingerprint density at radius 2 is 1.42 bits per heavy atom. The molecule has 1 fully saturated rings. The van der Waals surface area contributed by atoms with E-state index in [9.17, 15) is 23.6 Å². The zero-order valence-corrected chi connectivity index (χ0v) is 29.9. The molecule has 0 bridgehead atoms. The summed E-state index contributed by atoms with van der Waals surface area (Å²) in [4.78, 5) is 52.1. The molecule has 1 aliphatic carbocycles. The Kier molecular flexibility index (Phi) is 11.8. The monoisotopic (exact) mass is 690 g/mol. The maximum Gasteiger partial charge on any atom is 0.412 e. The zero-order valence-electron chi connectivity index (χ0n) is 29.9. The summed E-state index contributed by atoms with van der Waals surface area (Å²) in [7, 11) is 0. The molecular weight excluding hydrogens is 643 g/mol. The number of amides is 4. The van der Waals surface area contributed by atoms with Crippen molar-refractivity contribution in [2.45, 2.75) is 104 Å². The molecule has 0 heterocycles. The van der Waals surface area contributed by atoms with Crippen molar-refractivity contribution < 1.29 is 37.8 Å². The number of carbonyl (C=O) groups is 4. The number of anilines is 2. The Hall–Kier alpha value is -5.13. The molecule has 1 saturated carbocycles. The number of alkyl carbamates (subject to hydrolysis) is 1. The number of rotatable bonds is 10. The van der Waals surface area contributed by atoms with Crippen LogP contribution in [0.5, 0.6) is 0 Å². The van der Waals surface area contributed by atoms with Crippen LogP contribution in [-0.4, -0.2) is 52.4 Å². The highest BCUT2D eigenvalue weighted by atomic mass is 19.1. The second-order valence-corrected chi connectivity index (χ2v) is 14.5. The summed E-state index contributed by atoms with van der Waals surface area (Å²) in [6.45, 7) is 14.9. The molecule has 2 unspecified atom stereocenters. The lowest BCUT2D eigenvalue weighted by molar-refractivity contribution is 0.0167.